The lowest BCUT2D eigenvalue weighted by Crippen LogP contribution is -2.42. The van der Waals surface area contributed by atoms with Crippen LogP contribution in [0.1, 0.15) is 19.4 Å². The molecule has 29 heavy (non-hydrogen) atoms. The molecular formula is C20H19BrN4O4. The molecule has 5 amide bonds. The summed E-state index contributed by atoms with van der Waals surface area (Å²) in [5.74, 6) is -1.21. The van der Waals surface area contributed by atoms with Gasteiger partial charge in [-0.05, 0) is 48.9 Å². The molecule has 1 fully saturated rings. The van der Waals surface area contributed by atoms with Crippen LogP contribution in [0.3, 0.4) is 0 Å². The molecule has 2 aromatic carbocycles. The van der Waals surface area contributed by atoms with E-state index in [4.69, 9.17) is 0 Å². The van der Waals surface area contributed by atoms with Crippen molar-refractivity contribution < 1.29 is 19.2 Å². The minimum absolute atomic E-state index is 0.200. The van der Waals surface area contributed by atoms with E-state index in [1.165, 1.54) is 6.92 Å². The van der Waals surface area contributed by atoms with Gasteiger partial charge in [0.1, 0.15) is 12.1 Å². The molecular weight excluding hydrogens is 440 g/mol. The number of anilines is 2. The van der Waals surface area contributed by atoms with Crippen LogP contribution in [0.25, 0.3) is 0 Å². The molecule has 1 atom stereocenters. The highest BCUT2D eigenvalue weighted by atomic mass is 79.9. The van der Waals surface area contributed by atoms with Crippen LogP contribution < -0.4 is 16.0 Å². The fourth-order valence-corrected chi connectivity index (χ4v) is 3.27. The van der Waals surface area contributed by atoms with Crippen molar-refractivity contribution in [2.45, 2.75) is 19.4 Å². The van der Waals surface area contributed by atoms with Gasteiger partial charge in [0, 0.05) is 22.8 Å². The summed E-state index contributed by atoms with van der Waals surface area (Å²) in [7, 11) is 0. The summed E-state index contributed by atoms with van der Waals surface area (Å²) in [5, 5.41) is 7.92. The van der Waals surface area contributed by atoms with Gasteiger partial charge in [-0.2, -0.15) is 0 Å². The zero-order valence-electron chi connectivity index (χ0n) is 15.8. The number of rotatable bonds is 5. The van der Waals surface area contributed by atoms with Crippen molar-refractivity contribution in [3.63, 3.8) is 0 Å². The van der Waals surface area contributed by atoms with E-state index in [0.29, 0.717) is 16.9 Å². The minimum atomic E-state index is -1.24. The second-order valence-corrected chi connectivity index (χ2v) is 7.68. The Bertz CT molecular complexity index is 975. The number of hydrogen-bond donors (Lipinski definition) is 3. The van der Waals surface area contributed by atoms with E-state index in [9.17, 15) is 19.2 Å². The SMILES string of the molecule is CC(=O)Nc1ccc(NC(=O)CN2C(=O)N[C@](C)(c3ccc(Br)cc3)C2=O)cc1. The van der Waals surface area contributed by atoms with Gasteiger partial charge in [-0.15, -0.1) is 0 Å². The van der Waals surface area contributed by atoms with E-state index in [2.05, 4.69) is 31.9 Å². The van der Waals surface area contributed by atoms with Crippen molar-refractivity contribution in [2.24, 2.45) is 0 Å². The number of nitrogens with one attached hydrogen (secondary N) is 3. The predicted molar refractivity (Wildman–Crippen MR) is 111 cm³/mol. The first kappa shape index (κ1) is 20.5. The molecule has 0 aromatic heterocycles. The molecule has 9 heteroatoms. The minimum Gasteiger partial charge on any atom is -0.326 e. The third kappa shape index (κ3) is 4.45. The number of benzene rings is 2. The topological polar surface area (TPSA) is 108 Å². The molecule has 150 valence electrons. The van der Waals surface area contributed by atoms with Crippen molar-refractivity contribution >= 4 is 51.1 Å². The molecule has 3 N–H and O–H groups in total. The summed E-state index contributed by atoms with van der Waals surface area (Å²) in [5.41, 5.74) is 0.454. The molecule has 0 unspecified atom stereocenters. The summed E-state index contributed by atoms with van der Waals surface area (Å²) >= 11 is 3.33. The Hall–Kier alpha value is -3.20. The molecule has 0 bridgehead atoms. The highest BCUT2D eigenvalue weighted by Gasteiger charge is 2.49. The molecule has 8 nitrogen and oxygen atoms in total. The van der Waals surface area contributed by atoms with Crippen molar-refractivity contribution in [1.82, 2.24) is 10.2 Å². The van der Waals surface area contributed by atoms with Crippen molar-refractivity contribution in [3.8, 4) is 0 Å². The number of imide groups is 1. The van der Waals surface area contributed by atoms with Gasteiger partial charge in [-0.1, -0.05) is 28.1 Å². The van der Waals surface area contributed by atoms with Gasteiger partial charge in [0.2, 0.25) is 11.8 Å². The van der Waals surface area contributed by atoms with Crippen LogP contribution in [0, 0.1) is 0 Å². The van der Waals surface area contributed by atoms with E-state index in [1.807, 2.05) is 0 Å². The van der Waals surface area contributed by atoms with E-state index >= 15 is 0 Å². The van der Waals surface area contributed by atoms with Crippen LogP contribution in [0.5, 0.6) is 0 Å². The molecule has 0 spiro atoms. The van der Waals surface area contributed by atoms with Gasteiger partial charge >= 0.3 is 6.03 Å². The smallest absolute Gasteiger partial charge is 0.325 e. The fraction of sp³-hybridized carbons (Fsp3) is 0.200. The van der Waals surface area contributed by atoms with Gasteiger partial charge in [-0.3, -0.25) is 19.3 Å². The number of nitrogens with zero attached hydrogens (tertiary/aromatic N) is 1. The second-order valence-electron chi connectivity index (χ2n) is 6.76. The Balaban J connectivity index is 1.67. The van der Waals surface area contributed by atoms with E-state index in [-0.39, 0.29) is 5.91 Å². The Labute approximate surface area is 175 Å². The summed E-state index contributed by atoms with van der Waals surface area (Å²) < 4.78 is 0.849. The maximum atomic E-state index is 12.9. The standard InChI is InChI=1S/C20H19BrN4O4/c1-12(26)22-15-7-9-16(10-8-15)23-17(27)11-25-18(28)20(2,24-19(25)29)13-3-5-14(21)6-4-13/h3-10H,11H2,1-2H3,(H,22,26)(H,23,27)(H,24,29)/t20-/m1/s1. The number of hydrogen-bond acceptors (Lipinski definition) is 4. The van der Waals surface area contributed by atoms with E-state index < -0.39 is 29.9 Å². The van der Waals surface area contributed by atoms with Gasteiger partial charge in [0.05, 0.1) is 0 Å². The normalized spacial score (nSPS) is 18.4. The van der Waals surface area contributed by atoms with Crippen molar-refractivity contribution in [1.29, 1.82) is 0 Å². The van der Waals surface area contributed by atoms with Crippen molar-refractivity contribution in [3.05, 3.63) is 58.6 Å². The third-order valence-electron chi connectivity index (χ3n) is 4.49. The molecule has 0 radical (unpaired) electrons. The Morgan fingerprint density at radius 2 is 1.55 bits per heavy atom. The van der Waals surface area contributed by atoms with Gasteiger partial charge < -0.3 is 16.0 Å². The van der Waals surface area contributed by atoms with Crippen molar-refractivity contribution in [2.75, 3.05) is 17.2 Å². The molecule has 0 saturated carbocycles. The lowest BCUT2D eigenvalue weighted by molar-refractivity contribution is -0.133. The summed E-state index contributed by atoms with van der Waals surface area (Å²) in [4.78, 5) is 49.5. The molecule has 1 saturated heterocycles. The quantitative estimate of drug-likeness (QED) is 0.598. The largest absolute Gasteiger partial charge is 0.326 e. The zero-order chi connectivity index (χ0) is 21.2. The molecule has 2 aromatic rings. The van der Waals surface area contributed by atoms with E-state index in [1.54, 1.807) is 55.5 Å². The highest BCUT2D eigenvalue weighted by Crippen LogP contribution is 2.29. The number of amides is 5. The first-order valence-electron chi connectivity index (χ1n) is 8.77. The molecule has 1 heterocycles. The third-order valence-corrected chi connectivity index (χ3v) is 5.02. The maximum Gasteiger partial charge on any atom is 0.325 e. The van der Waals surface area contributed by atoms with Crippen LogP contribution in [0.15, 0.2) is 53.0 Å². The highest BCUT2D eigenvalue weighted by molar-refractivity contribution is 9.10. The summed E-state index contributed by atoms with van der Waals surface area (Å²) in [6.07, 6.45) is 0. The number of urea groups is 1. The summed E-state index contributed by atoms with van der Waals surface area (Å²) in [6, 6.07) is 12.9. The first-order valence-corrected chi connectivity index (χ1v) is 9.56. The lowest BCUT2D eigenvalue weighted by atomic mass is 9.92. The average Bonchev–Trinajstić information content (AvgIpc) is 2.87. The van der Waals surface area contributed by atoms with Crippen LogP contribution in [-0.4, -0.2) is 35.2 Å². The molecule has 1 aliphatic heterocycles. The average molecular weight is 459 g/mol. The van der Waals surface area contributed by atoms with Crippen LogP contribution in [0.4, 0.5) is 16.2 Å². The van der Waals surface area contributed by atoms with Gasteiger partial charge in [0.25, 0.3) is 5.91 Å². The Morgan fingerprint density at radius 3 is 2.10 bits per heavy atom. The Kier molecular flexibility index (Phi) is 5.69. The van der Waals surface area contributed by atoms with Crippen LogP contribution in [-0.2, 0) is 19.9 Å². The zero-order valence-corrected chi connectivity index (χ0v) is 17.4. The number of carbonyl (C=O) groups excluding carboxylic acids is 4. The first-order chi connectivity index (χ1) is 13.7. The molecule has 3 rings (SSSR count). The monoisotopic (exact) mass is 458 g/mol. The van der Waals surface area contributed by atoms with Gasteiger partial charge in [0.15, 0.2) is 0 Å². The van der Waals surface area contributed by atoms with Crippen LogP contribution in [0.2, 0.25) is 0 Å². The summed E-state index contributed by atoms with van der Waals surface area (Å²) in [6.45, 7) is 2.59. The molecule has 0 aliphatic carbocycles. The number of carbonyl (C=O) groups is 4. The lowest BCUT2D eigenvalue weighted by Gasteiger charge is -2.22. The number of halogens is 1. The van der Waals surface area contributed by atoms with Crippen LogP contribution >= 0.6 is 15.9 Å². The van der Waals surface area contributed by atoms with E-state index in [0.717, 1.165) is 9.37 Å². The fourth-order valence-electron chi connectivity index (χ4n) is 3.00. The molecule has 1 aliphatic rings. The Morgan fingerprint density at radius 1 is 1.00 bits per heavy atom. The van der Waals surface area contributed by atoms with Gasteiger partial charge in [-0.25, -0.2) is 4.79 Å². The second kappa shape index (κ2) is 8.04. The predicted octanol–water partition coefficient (Wildman–Crippen LogP) is 2.81. The maximum absolute atomic E-state index is 12.9.